The lowest BCUT2D eigenvalue weighted by Gasteiger charge is -2.02. The van der Waals surface area contributed by atoms with Gasteiger partial charge in [0.15, 0.2) is 0 Å². The lowest BCUT2D eigenvalue weighted by molar-refractivity contribution is -0.702. The van der Waals surface area contributed by atoms with Crippen molar-refractivity contribution in [1.82, 2.24) is 4.57 Å². The van der Waals surface area contributed by atoms with Crippen molar-refractivity contribution in [2.75, 3.05) is 0 Å². The van der Waals surface area contributed by atoms with Crippen LogP contribution in [0, 0.1) is 6.92 Å². The van der Waals surface area contributed by atoms with Crippen LogP contribution in [-0.4, -0.2) is 4.57 Å². The van der Waals surface area contributed by atoms with Gasteiger partial charge >= 0.3 is 0 Å². The van der Waals surface area contributed by atoms with Crippen LogP contribution >= 0.6 is 0 Å². The number of hydrogen-bond acceptors (Lipinski definition) is 0. The fourth-order valence-corrected chi connectivity index (χ4v) is 2.64. The van der Waals surface area contributed by atoms with Gasteiger partial charge in [0.2, 0.25) is 0 Å². The number of hydrogen-bond donors (Lipinski definition) is 0. The number of aromatic nitrogens is 2. The molecule has 0 aliphatic rings. The predicted octanol–water partition coefficient (Wildman–Crippen LogP) is 3.91. The largest absolute Gasteiger partial charge is 0.253 e. The summed E-state index contributed by atoms with van der Waals surface area (Å²) in [7, 11) is 0. The van der Waals surface area contributed by atoms with Crippen molar-refractivity contribution in [2.24, 2.45) is 0 Å². The molecule has 2 heteroatoms. The number of rotatable bonds is 8. The Morgan fingerprint density at radius 1 is 1.05 bits per heavy atom. The maximum atomic E-state index is 2.39. The van der Waals surface area contributed by atoms with E-state index >= 15 is 0 Å². The summed E-state index contributed by atoms with van der Waals surface area (Å²) in [5.74, 6) is 1.38. The van der Waals surface area contributed by atoms with E-state index in [1.54, 1.807) is 0 Å². The highest BCUT2D eigenvalue weighted by Crippen LogP contribution is 2.04. The van der Waals surface area contributed by atoms with Gasteiger partial charge in [-0.2, -0.15) is 0 Å². The van der Waals surface area contributed by atoms with E-state index in [0.29, 0.717) is 0 Å². The van der Waals surface area contributed by atoms with Gasteiger partial charge in [-0.3, -0.25) is 0 Å². The van der Waals surface area contributed by atoms with Crippen molar-refractivity contribution in [3.63, 3.8) is 0 Å². The van der Waals surface area contributed by atoms with Crippen LogP contribution in [-0.2, 0) is 19.5 Å². The minimum Gasteiger partial charge on any atom is -0.234 e. The maximum Gasteiger partial charge on any atom is 0.253 e. The SMILES string of the molecule is CCCCCn1cc[n+](CCCc2ccccc2)c1C. The van der Waals surface area contributed by atoms with Crippen molar-refractivity contribution in [2.45, 2.75) is 59.0 Å². The summed E-state index contributed by atoms with van der Waals surface area (Å²) < 4.78 is 4.77. The second-order valence-corrected chi connectivity index (χ2v) is 5.53. The second kappa shape index (κ2) is 7.88. The van der Waals surface area contributed by atoms with E-state index in [0.717, 1.165) is 19.5 Å². The average molecular weight is 271 g/mol. The highest BCUT2D eigenvalue weighted by Gasteiger charge is 2.11. The molecule has 0 amide bonds. The van der Waals surface area contributed by atoms with Gasteiger partial charge in [0.25, 0.3) is 5.82 Å². The van der Waals surface area contributed by atoms with Crippen LogP contribution in [0.15, 0.2) is 42.7 Å². The predicted molar refractivity (Wildman–Crippen MR) is 83.7 cm³/mol. The molecule has 2 aromatic rings. The molecule has 0 aliphatic carbocycles. The number of nitrogens with zero attached hydrogens (tertiary/aromatic N) is 2. The molecule has 2 rings (SSSR count). The summed E-state index contributed by atoms with van der Waals surface area (Å²) in [5, 5.41) is 0. The maximum absolute atomic E-state index is 2.39. The summed E-state index contributed by atoms with van der Waals surface area (Å²) in [6, 6.07) is 10.8. The molecule has 0 saturated carbocycles. The molecule has 0 unspecified atom stereocenters. The van der Waals surface area contributed by atoms with E-state index < -0.39 is 0 Å². The van der Waals surface area contributed by atoms with Crippen LogP contribution < -0.4 is 4.57 Å². The first-order valence-electron chi connectivity index (χ1n) is 7.90. The number of unbranched alkanes of at least 4 members (excludes halogenated alkanes) is 2. The molecule has 2 nitrogen and oxygen atoms in total. The molecule has 0 aliphatic heterocycles. The number of benzene rings is 1. The first kappa shape index (κ1) is 14.8. The van der Waals surface area contributed by atoms with E-state index in [2.05, 4.69) is 65.7 Å². The second-order valence-electron chi connectivity index (χ2n) is 5.53. The van der Waals surface area contributed by atoms with E-state index in [4.69, 9.17) is 0 Å². The van der Waals surface area contributed by atoms with Crippen molar-refractivity contribution in [1.29, 1.82) is 0 Å². The van der Waals surface area contributed by atoms with Gasteiger partial charge in [0.05, 0.1) is 13.1 Å². The lowest BCUT2D eigenvalue weighted by Crippen LogP contribution is -2.35. The van der Waals surface area contributed by atoms with E-state index in [1.807, 2.05) is 0 Å². The van der Waals surface area contributed by atoms with Crippen LogP contribution in [0.25, 0.3) is 0 Å². The Morgan fingerprint density at radius 3 is 2.60 bits per heavy atom. The van der Waals surface area contributed by atoms with Crippen LogP contribution in [0.3, 0.4) is 0 Å². The molecule has 1 heterocycles. The Morgan fingerprint density at radius 2 is 1.85 bits per heavy atom. The minimum atomic E-state index is 1.11. The molecule has 1 aromatic heterocycles. The van der Waals surface area contributed by atoms with Gasteiger partial charge in [-0.1, -0.05) is 43.7 Å². The molecular weight excluding hydrogens is 244 g/mol. The molecule has 0 N–H and O–H groups in total. The Hall–Kier alpha value is -1.57. The van der Waals surface area contributed by atoms with E-state index in [-0.39, 0.29) is 0 Å². The Balaban J connectivity index is 1.81. The third-order valence-electron chi connectivity index (χ3n) is 3.97. The standard InChI is InChI=1S/C18H27N2/c1-3-4-8-13-19-15-16-20(17(19)2)14-9-12-18-10-6-5-7-11-18/h5-7,10-11,15-16H,3-4,8-9,12-14H2,1-2H3/q+1. The van der Waals surface area contributed by atoms with Crippen LogP contribution in [0.2, 0.25) is 0 Å². The van der Waals surface area contributed by atoms with Gasteiger partial charge in [-0.25, -0.2) is 9.13 Å². The van der Waals surface area contributed by atoms with Crippen molar-refractivity contribution in [3.05, 3.63) is 54.1 Å². The van der Waals surface area contributed by atoms with Gasteiger partial charge in [-0.15, -0.1) is 0 Å². The number of aryl methyl sites for hydroxylation is 3. The summed E-state index contributed by atoms with van der Waals surface area (Å²) in [5.41, 5.74) is 1.44. The summed E-state index contributed by atoms with van der Waals surface area (Å²) >= 11 is 0. The fourth-order valence-electron chi connectivity index (χ4n) is 2.64. The molecule has 0 spiro atoms. The summed E-state index contributed by atoms with van der Waals surface area (Å²) in [6.45, 7) is 6.76. The molecule has 0 saturated heterocycles. The minimum absolute atomic E-state index is 1.11. The molecule has 0 radical (unpaired) electrons. The van der Waals surface area contributed by atoms with Gasteiger partial charge < -0.3 is 0 Å². The summed E-state index contributed by atoms with van der Waals surface area (Å²) in [6.07, 6.45) is 10.7. The highest BCUT2D eigenvalue weighted by atomic mass is 15.1. The fraction of sp³-hybridized carbons (Fsp3) is 0.500. The van der Waals surface area contributed by atoms with Gasteiger partial charge in [0.1, 0.15) is 12.4 Å². The molecule has 0 bridgehead atoms. The molecule has 0 atom stereocenters. The molecule has 108 valence electrons. The van der Waals surface area contributed by atoms with Crippen molar-refractivity contribution >= 4 is 0 Å². The lowest BCUT2D eigenvalue weighted by atomic mass is 10.1. The zero-order valence-corrected chi connectivity index (χ0v) is 12.9. The van der Waals surface area contributed by atoms with Gasteiger partial charge in [-0.05, 0) is 31.2 Å². The zero-order chi connectivity index (χ0) is 14.2. The molecule has 1 aromatic carbocycles. The van der Waals surface area contributed by atoms with Gasteiger partial charge in [0, 0.05) is 6.92 Å². The van der Waals surface area contributed by atoms with Crippen molar-refractivity contribution < 1.29 is 4.57 Å². The third-order valence-corrected chi connectivity index (χ3v) is 3.97. The van der Waals surface area contributed by atoms with Crippen LogP contribution in [0.5, 0.6) is 0 Å². The molecule has 0 fully saturated rings. The van der Waals surface area contributed by atoms with E-state index in [9.17, 15) is 0 Å². The Bertz CT molecular complexity index is 499. The van der Waals surface area contributed by atoms with Crippen LogP contribution in [0.1, 0.15) is 44.0 Å². The third kappa shape index (κ3) is 4.22. The zero-order valence-electron chi connectivity index (χ0n) is 12.9. The highest BCUT2D eigenvalue weighted by molar-refractivity contribution is 5.14. The monoisotopic (exact) mass is 271 g/mol. The number of imidazole rings is 1. The van der Waals surface area contributed by atoms with Crippen LogP contribution in [0.4, 0.5) is 0 Å². The Labute approximate surface area is 123 Å². The van der Waals surface area contributed by atoms with E-state index in [1.165, 1.54) is 37.1 Å². The molecular formula is C18H27N2+. The van der Waals surface area contributed by atoms with Crippen molar-refractivity contribution in [3.8, 4) is 0 Å². The first-order chi connectivity index (χ1) is 9.81. The average Bonchev–Trinajstić information content (AvgIpc) is 2.82. The molecule has 20 heavy (non-hydrogen) atoms. The Kier molecular flexibility index (Phi) is 5.85. The summed E-state index contributed by atoms with van der Waals surface area (Å²) in [4.78, 5) is 0. The first-order valence-corrected chi connectivity index (χ1v) is 7.90. The smallest absolute Gasteiger partial charge is 0.234 e. The topological polar surface area (TPSA) is 8.81 Å². The quantitative estimate of drug-likeness (QED) is 0.508. The normalized spacial score (nSPS) is 10.9.